The van der Waals surface area contributed by atoms with Gasteiger partial charge in [0.1, 0.15) is 6.54 Å². The summed E-state index contributed by atoms with van der Waals surface area (Å²) in [5.74, 6) is -1.81. The lowest BCUT2D eigenvalue weighted by Crippen LogP contribution is -2.36. The lowest BCUT2D eigenvalue weighted by molar-refractivity contribution is -0.141. The number of ether oxygens (including phenoxy) is 1. The molecule has 110 valence electrons. The van der Waals surface area contributed by atoms with E-state index < -0.39 is 23.7 Å². The number of amides is 3. The second kappa shape index (κ2) is 6.17. The quantitative estimate of drug-likeness (QED) is 0.607. The highest BCUT2D eigenvalue weighted by Gasteiger charge is 2.34. The van der Waals surface area contributed by atoms with E-state index in [-0.39, 0.29) is 19.5 Å². The Labute approximate surface area is 120 Å². The lowest BCUT2D eigenvalue weighted by Gasteiger charge is -2.13. The maximum atomic E-state index is 12.0. The highest BCUT2D eigenvalue weighted by atomic mass is 16.5. The predicted octanol–water partition coefficient (Wildman–Crippen LogP) is -0.0381. The molecule has 1 aliphatic heterocycles. The van der Waals surface area contributed by atoms with Gasteiger partial charge in [0, 0.05) is 13.0 Å². The van der Waals surface area contributed by atoms with Crippen molar-refractivity contribution in [2.75, 3.05) is 20.2 Å². The van der Waals surface area contributed by atoms with Gasteiger partial charge in [0.05, 0.1) is 18.2 Å². The van der Waals surface area contributed by atoms with Crippen LogP contribution in [-0.4, -0.2) is 48.8 Å². The van der Waals surface area contributed by atoms with Crippen molar-refractivity contribution in [3.05, 3.63) is 35.4 Å². The number of hydrogen-bond donors (Lipinski definition) is 1. The number of methoxy groups -OCH3 is 1. The molecule has 1 heterocycles. The number of nitrogens with one attached hydrogen (secondary N) is 1. The first-order valence-electron chi connectivity index (χ1n) is 6.33. The first-order valence-corrected chi connectivity index (χ1v) is 6.33. The van der Waals surface area contributed by atoms with E-state index in [1.54, 1.807) is 24.3 Å². The van der Waals surface area contributed by atoms with Crippen LogP contribution in [0.2, 0.25) is 0 Å². The second-order valence-corrected chi connectivity index (χ2v) is 4.41. The second-order valence-electron chi connectivity index (χ2n) is 4.41. The van der Waals surface area contributed by atoms with Crippen LogP contribution in [0.15, 0.2) is 24.3 Å². The van der Waals surface area contributed by atoms with Crippen molar-refractivity contribution in [1.29, 1.82) is 0 Å². The Balaban J connectivity index is 1.91. The summed E-state index contributed by atoms with van der Waals surface area (Å²) in [5, 5.41) is 2.35. The van der Waals surface area contributed by atoms with Crippen molar-refractivity contribution in [2.45, 2.75) is 6.42 Å². The van der Waals surface area contributed by atoms with Gasteiger partial charge in [0.2, 0.25) is 5.91 Å². The number of rotatable bonds is 5. The van der Waals surface area contributed by atoms with Gasteiger partial charge in [-0.05, 0) is 12.1 Å². The first-order chi connectivity index (χ1) is 10.0. The molecule has 0 aromatic heterocycles. The molecule has 0 bridgehead atoms. The molecule has 0 fully saturated rings. The SMILES string of the molecule is COC(=O)CNC(=O)CCN1C(=O)c2ccccc2C1=O. The number of esters is 1. The highest BCUT2D eigenvalue weighted by Crippen LogP contribution is 2.22. The van der Waals surface area contributed by atoms with Crippen molar-refractivity contribution >= 4 is 23.7 Å². The molecule has 21 heavy (non-hydrogen) atoms. The minimum atomic E-state index is -0.566. The molecule has 0 saturated heterocycles. The summed E-state index contributed by atoms with van der Waals surface area (Å²) in [6, 6.07) is 6.51. The van der Waals surface area contributed by atoms with E-state index in [0.29, 0.717) is 11.1 Å². The molecular formula is C14H14N2O5. The molecule has 1 aromatic rings. The smallest absolute Gasteiger partial charge is 0.325 e. The van der Waals surface area contributed by atoms with Crippen molar-refractivity contribution in [3.8, 4) is 0 Å². The number of nitrogens with zero attached hydrogens (tertiary/aromatic N) is 1. The van der Waals surface area contributed by atoms with E-state index in [4.69, 9.17) is 0 Å². The topological polar surface area (TPSA) is 92.8 Å². The third kappa shape index (κ3) is 3.07. The average Bonchev–Trinajstić information content (AvgIpc) is 2.75. The standard InChI is InChI=1S/C14H14N2O5/c1-21-12(18)8-15-11(17)6-7-16-13(19)9-4-2-3-5-10(9)14(16)20/h2-5H,6-8H2,1H3,(H,15,17). The summed E-state index contributed by atoms with van der Waals surface area (Å²) in [7, 11) is 1.22. The Kier molecular flexibility index (Phi) is 4.32. The molecular weight excluding hydrogens is 276 g/mol. The third-order valence-electron chi connectivity index (χ3n) is 3.10. The first kappa shape index (κ1) is 14.7. The fourth-order valence-electron chi connectivity index (χ4n) is 1.99. The van der Waals surface area contributed by atoms with Crippen molar-refractivity contribution in [1.82, 2.24) is 10.2 Å². The number of benzene rings is 1. The summed E-state index contributed by atoms with van der Waals surface area (Å²) in [6.45, 7) is -0.267. The monoisotopic (exact) mass is 290 g/mol. The Morgan fingerprint density at radius 2 is 1.71 bits per heavy atom. The highest BCUT2D eigenvalue weighted by molar-refractivity contribution is 6.21. The number of hydrogen-bond acceptors (Lipinski definition) is 5. The van der Waals surface area contributed by atoms with E-state index >= 15 is 0 Å². The van der Waals surface area contributed by atoms with Crippen LogP contribution >= 0.6 is 0 Å². The van der Waals surface area contributed by atoms with E-state index in [1.165, 1.54) is 7.11 Å². The molecule has 7 nitrogen and oxygen atoms in total. The summed E-state index contributed by atoms with van der Waals surface area (Å²) in [5.41, 5.74) is 0.690. The van der Waals surface area contributed by atoms with Crippen LogP contribution in [0, 0.1) is 0 Å². The number of carbonyl (C=O) groups excluding carboxylic acids is 4. The Morgan fingerprint density at radius 1 is 1.14 bits per heavy atom. The molecule has 0 aliphatic carbocycles. The molecule has 0 unspecified atom stereocenters. The zero-order chi connectivity index (χ0) is 15.4. The summed E-state index contributed by atoms with van der Waals surface area (Å²) < 4.78 is 4.38. The van der Waals surface area contributed by atoms with Gasteiger partial charge in [-0.15, -0.1) is 0 Å². The van der Waals surface area contributed by atoms with E-state index in [1.807, 2.05) is 0 Å². The maximum absolute atomic E-state index is 12.0. The normalized spacial score (nSPS) is 13.1. The summed E-state index contributed by atoms with van der Waals surface area (Å²) in [6.07, 6.45) is -0.0670. The molecule has 0 atom stereocenters. The maximum Gasteiger partial charge on any atom is 0.325 e. The van der Waals surface area contributed by atoms with Crippen LogP contribution < -0.4 is 5.32 Å². The van der Waals surface area contributed by atoms with Crippen LogP contribution in [-0.2, 0) is 14.3 Å². The van der Waals surface area contributed by atoms with Gasteiger partial charge in [-0.1, -0.05) is 12.1 Å². The molecule has 3 amide bonds. The number of imide groups is 1. The fraction of sp³-hybridized carbons (Fsp3) is 0.286. The summed E-state index contributed by atoms with van der Waals surface area (Å²) in [4.78, 5) is 47.5. The van der Waals surface area contributed by atoms with Gasteiger partial charge in [-0.25, -0.2) is 0 Å². The summed E-state index contributed by atoms with van der Waals surface area (Å²) >= 11 is 0. The van der Waals surface area contributed by atoms with E-state index in [2.05, 4.69) is 10.1 Å². The minimum Gasteiger partial charge on any atom is -0.468 e. The molecule has 1 aromatic carbocycles. The van der Waals surface area contributed by atoms with Crippen molar-refractivity contribution < 1.29 is 23.9 Å². The van der Waals surface area contributed by atoms with E-state index in [9.17, 15) is 19.2 Å². The zero-order valence-electron chi connectivity index (χ0n) is 11.4. The molecule has 0 saturated carbocycles. The molecule has 2 rings (SSSR count). The zero-order valence-corrected chi connectivity index (χ0v) is 11.4. The Bertz CT molecular complexity index is 576. The van der Waals surface area contributed by atoms with Crippen LogP contribution in [0.3, 0.4) is 0 Å². The minimum absolute atomic E-state index is 0.0284. The van der Waals surface area contributed by atoms with Gasteiger partial charge in [0.25, 0.3) is 11.8 Å². The van der Waals surface area contributed by atoms with Crippen LogP contribution in [0.4, 0.5) is 0 Å². The largest absolute Gasteiger partial charge is 0.468 e. The molecule has 1 aliphatic rings. The number of fused-ring (bicyclic) bond motifs is 1. The molecule has 7 heteroatoms. The van der Waals surface area contributed by atoms with Gasteiger partial charge >= 0.3 is 5.97 Å². The van der Waals surface area contributed by atoms with E-state index in [0.717, 1.165) is 4.90 Å². The van der Waals surface area contributed by atoms with Gasteiger partial charge in [-0.2, -0.15) is 0 Å². The third-order valence-corrected chi connectivity index (χ3v) is 3.10. The van der Waals surface area contributed by atoms with Gasteiger partial charge < -0.3 is 10.1 Å². The van der Waals surface area contributed by atoms with Crippen molar-refractivity contribution in [3.63, 3.8) is 0 Å². The van der Waals surface area contributed by atoms with Crippen molar-refractivity contribution in [2.24, 2.45) is 0 Å². The lowest BCUT2D eigenvalue weighted by atomic mass is 10.1. The molecule has 0 spiro atoms. The molecule has 1 N–H and O–H groups in total. The Morgan fingerprint density at radius 3 is 2.24 bits per heavy atom. The van der Waals surface area contributed by atoms with Crippen LogP contribution in [0.25, 0.3) is 0 Å². The Hall–Kier alpha value is -2.70. The van der Waals surface area contributed by atoms with Crippen LogP contribution in [0.1, 0.15) is 27.1 Å². The predicted molar refractivity (Wildman–Crippen MR) is 71.5 cm³/mol. The van der Waals surface area contributed by atoms with Crippen LogP contribution in [0.5, 0.6) is 0 Å². The molecule has 0 radical (unpaired) electrons. The van der Waals surface area contributed by atoms with Gasteiger partial charge in [0.15, 0.2) is 0 Å². The number of carbonyl (C=O) groups is 4. The van der Waals surface area contributed by atoms with Gasteiger partial charge in [-0.3, -0.25) is 24.1 Å². The average molecular weight is 290 g/mol. The fourth-order valence-corrected chi connectivity index (χ4v) is 1.99.